The Bertz CT molecular complexity index is 492. The summed E-state index contributed by atoms with van der Waals surface area (Å²) in [5.74, 6) is 0.911. The smallest absolute Gasteiger partial charge is 0.125 e. The second kappa shape index (κ2) is 4.49. The summed E-state index contributed by atoms with van der Waals surface area (Å²) in [6.45, 7) is 0. The first-order valence-corrected chi connectivity index (χ1v) is 8.17. The van der Waals surface area contributed by atoms with E-state index in [0.29, 0.717) is 5.41 Å². The number of benzene rings is 1. The molecule has 2 aliphatic carbocycles. The Labute approximate surface area is 121 Å². The van der Waals surface area contributed by atoms with Crippen molar-refractivity contribution in [2.45, 2.75) is 69.5 Å². The zero-order chi connectivity index (χ0) is 13.6. The molecule has 1 aliphatic heterocycles. The Morgan fingerprint density at radius 1 is 0.950 bits per heavy atom. The number of para-hydroxylation sites is 1. The molecule has 0 bridgehead atoms. The highest BCUT2D eigenvalue weighted by molar-refractivity contribution is 5.38. The number of hydrogen-bond donors (Lipinski definition) is 1. The molecule has 108 valence electrons. The lowest BCUT2D eigenvalue weighted by Gasteiger charge is -2.48. The van der Waals surface area contributed by atoms with E-state index < -0.39 is 0 Å². The Hall–Kier alpha value is -1.02. The molecule has 20 heavy (non-hydrogen) atoms. The van der Waals surface area contributed by atoms with Gasteiger partial charge in [-0.2, -0.15) is 0 Å². The van der Waals surface area contributed by atoms with Crippen LogP contribution in [0.25, 0.3) is 0 Å². The van der Waals surface area contributed by atoms with E-state index in [1.165, 1.54) is 38.5 Å². The molecule has 1 N–H and O–H groups in total. The van der Waals surface area contributed by atoms with Gasteiger partial charge in [-0.1, -0.05) is 31.0 Å². The van der Waals surface area contributed by atoms with Gasteiger partial charge in [0.05, 0.1) is 6.10 Å². The van der Waals surface area contributed by atoms with Crippen molar-refractivity contribution in [1.29, 1.82) is 0 Å². The molecule has 0 aromatic heterocycles. The maximum atomic E-state index is 10.5. The van der Waals surface area contributed by atoms with E-state index in [-0.39, 0.29) is 11.7 Å². The Balaban J connectivity index is 1.56. The third-order valence-corrected chi connectivity index (χ3v) is 6.06. The van der Waals surface area contributed by atoms with Gasteiger partial charge in [-0.05, 0) is 50.0 Å². The number of fused-ring (bicyclic) bond motifs is 1. The van der Waals surface area contributed by atoms with Gasteiger partial charge in [-0.25, -0.2) is 0 Å². The largest absolute Gasteiger partial charge is 0.487 e. The van der Waals surface area contributed by atoms with Crippen molar-refractivity contribution >= 4 is 0 Å². The van der Waals surface area contributed by atoms with Crippen LogP contribution >= 0.6 is 0 Å². The summed E-state index contributed by atoms with van der Waals surface area (Å²) in [5.41, 5.74) is 1.50. The molecule has 0 saturated heterocycles. The summed E-state index contributed by atoms with van der Waals surface area (Å²) < 4.78 is 6.37. The molecule has 1 heterocycles. The van der Waals surface area contributed by atoms with Crippen LogP contribution in [0.4, 0.5) is 0 Å². The molecule has 2 saturated carbocycles. The molecule has 2 fully saturated rings. The minimum absolute atomic E-state index is 0.0956. The molecule has 1 aromatic rings. The average molecular weight is 272 g/mol. The van der Waals surface area contributed by atoms with Crippen molar-refractivity contribution in [1.82, 2.24) is 0 Å². The van der Waals surface area contributed by atoms with E-state index in [0.717, 1.165) is 30.6 Å². The third-order valence-electron chi connectivity index (χ3n) is 6.06. The summed E-state index contributed by atoms with van der Waals surface area (Å²) in [7, 11) is 0. The topological polar surface area (TPSA) is 29.5 Å². The van der Waals surface area contributed by atoms with Crippen LogP contribution in [0.1, 0.15) is 69.5 Å². The summed E-state index contributed by atoms with van der Waals surface area (Å²) in [5, 5.41) is 10.5. The molecule has 3 aliphatic rings. The maximum Gasteiger partial charge on any atom is 0.125 e. The number of aliphatic hydroxyl groups excluding tert-OH is 1. The van der Waals surface area contributed by atoms with Crippen LogP contribution in [0.5, 0.6) is 5.75 Å². The van der Waals surface area contributed by atoms with E-state index in [4.69, 9.17) is 4.74 Å². The highest BCUT2D eigenvalue weighted by Crippen LogP contribution is 2.55. The number of aliphatic hydroxyl groups is 1. The zero-order valence-corrected chi connectivity index (χ0v) is 12.1. The molecule has 4 rings (SSSR count). The predicted octanol–water partition coefficient (Wildman–Crippen LogP) is 4.38. The molecular formula is C18H24O2. The second-order valence-corrected chi connectivity index (χ2v) is 7.25. The lowest BCUT2D eigenvalue weighted by Crippen LogP contribution is -2.46. The van der Waals surface area contributed by atoms with E-state index in [1.54, 1.807) is 0 Å². The Morgan fingerprint density at radius 3 is 2.40 bits per heavy atom. The fourth-order valence-corrected chi connectivity index (χ4v) is 4.75. The van der Waals surface area contributed by atoms with Crippen LogP contribution in [0.3, 0.4) is 0 Å². The van der Waals surface area contributed by atoms with Gasteiger partial charge < -0.3 is 9.84 Å². The minimum atomic E-state index is -0.349. The highest BCUT2D eigenvalue weighted by atomic mass is 16.5. The van der Waals surface area contributed by atoms with Crippen LogP contribution in [0.15, 0.2) is 24.3 Å². The van der Waals surface area contributed by atoms with Gasteiger partial charge in [-0.3, -0.25) is 0 Å². The monoisotopic (exact) mass is 272 g/mol. The minimum Gasteiger partial charge on any atom is -0.487 e. The lowest BCUT2D eigenvalue weighted by molar-refractivity contribution is -0.0622. The van der Waals surface area contributed by atoms with Crippen LogP contribution in [0.2, 0.25) is 0 Å². The maximum absolute atomic E-state index is 10.5. The van der Waals surface area contributed by atoms with E-state index in [9.17, 15) is 5.11 Å². The first-order valence-electron chi connectivity index (χ1n) is 8.17. The second-order valence-electron chi connectivity index (χ2n) is 7.25. The fourth-order valence-electron chi connectivity index (χ4n) is 4.75. The van der Waals surface area contributed by atoms with Gasteiger partial charge in [0.1, 0.15) is 11.4 Å². The Kier molecular flexibility index (Phi) is 2.85. The third kappa shape index (κ3) is 1.96. The highest BCUT2D eigenvalue weighted by Gasteiger charge is 2.48. The summed E-state index contributed by atoms with van der Waals surface area (Å²) >= 11 is 0. The van der Waals surface area contributed by atoms with Gasteiger partial charge in [0, 0.05) is 12.0 Å². The zero-order valence-electron chi connectivity index (χ0n) is 12.1. The molecule has 0 radical (unpaired) electrons. The SMILES string of the molecule is O[C@@H]1CC2(CCC3(CCCC3)CC2)Oc2ccccc21. The number of rotatable bonds is 0. The van der Waals surface area contributed by atoms with E-state index >= 15 is 0 Å². The lowest BCUT2D eigenvalue weighted by atomic mass is 9.65. The first kappa shape index (κ1) is 12.7. The Morgan fingerprint density at radius 2 is 1.65 bits per heavy atom. The van der Waals surface area contributed by atoms with Crippen LogP contribution in [0, 0.1) is 5.41 Å². The molecule has 2 spiro atoms. The molecule has 1 aromatic carbocycles. The van der Waals surface area contributed by atoms with Crippen molar-refractivity contribution in [3.05, 3.63) is 29.8 Å². The van der Waals surface area contributed by atoms with Gasteiger partial charge in [0.25, 0.3) is 0 Å². The van der Waals surface area contributed by atoms with E-state index in [1.807, 2.05) is 24.3 Å². The summed E-state index contributed by atoms with van der Waals surface area (Å²) in [6.07, 6.45) is 10.9. The van der Waals surface area contributed by atoms with Gasteiger partial charge in [0.2, 0.25) is 0 Å². The molecule has 2 nitrogen and oxygen atoms in total. The van der Waals surface area contributed by atoms with Crippen LogP contribution < -0.4 is 4.74 Å². The number of ether oxygens (including phenoxy) is 1. The van der Waals surface area contributed by atoms with Crippen LogP contribution in [-0.4, -0.2) is 10.7 Å². The molecule has 1 atom stereocenters. The molecular weight excluding hydrogens is 248 g/mol. The fraction of sp³-hybridized carbons (Fsp3) is 0.667. The van der Waals surface area contributed by atoms with Gasteiger partial charge >= 0.3 is 0 Å². The normalized spacial score (nSPS) is 30.1. The van der Waals surface area contributed by atoms with Crippen molar-refractivity contribution < 1.29 is 9.84 Å². The van der Waals surface area contributed by atoms with Gasteiger partial charge in [0.15, 0.2) is 0 Å². The van der Waals surface area contributed by atoms with Crippen molar-refractivity contribution in [2.75, 3.05) is 0 Å². The molecule has 0 amide bonds. The molecule has 0 unspecified atom stereocenters. The standard InChI is InChI=1S/C18H24O2/c19-15-13-18(20-16-6-2-1-5-14(15)16)11-9-17(10-12-18)7-3-4-8-17/h1-2,5-6,15,19H,3-4,7-13H2/t15-/m1/s1. The van der Waals surface area contributed by atoms with Crippen molar-refractivity contribution in [3.63, 3.8) is 0 Å². The van der Waals surface area contributed by atoms with Crippen LogP contribution in [-0.2, 0) is 0 Å². The van der Waals surface area contributed by atoms with Crippen molar-refractivity contribution in [2.24, 2.45) is 5.41 Å². The number of hydrogen-bond acceptors (Lipinski definition) is 2. The van der Waals surface area contributed by atoms with Gasteiger partial charge in [-0.15, -0.1) is 0 Å². The van der Waals surface area contributed by atoms with Crippen molar-refractivity contribution in [3.8, 4) is 5.75 Å². The average Bonchev–Trinajstić information content (AvgIpc) is 2.92. The predicted molar refractivity (Wildman–Crippen MR) is 78.7 cm³/mol. The molecule has 2 heteroatoms. The summed E-state index contributed by atoms with van der Waals surface area (Å²) in [6, 6.07) is 8.00. The first-order chi connectivity index (χ1) is 9.71. The quantitative estimate of drug-likeness (QED) is 0.759. The van der Waals surface area contributed by atoms with E-state index in [2.05, 4.69) is 0 Å². The summed E-state index contributed by atoms with van der Waals surface area (Å²) in [4.78, 5) is 0.